The number of fused-ring (bicyclic) bond motifs is 5. The number of amides is 1. The first-order valence-electron chi connectivity index (χ1n) is 13.9. The van der Waals surface area contributed by atoms with Crippen molar-refractivity contribution in [2.24, 2.45) is 0 Å². The molecule has 1 N–H and O–H groups in total. The molecule has 0 spiro atoms. The van der Waals surface area contributed by atoms with E-state index in [4.69, 9.17) is 9.47 Å². The van der Waals surface area contributed by atoms with Crippen LogP contribution in [0, 0.1) is 0 Å². The summed E-state index contributed by atoms with van der Waals surface area (Å²) in [4.78, 5) is 26.1. The molecule has 40 heavy (non-hydrogen) atoms. The molecule has 1 unspecified atom stereocenters. The lowest BCUT2D eigenvalue weighted by molar-refractivity contribution is -0.136. The molecule has 1 aromatic heterocycles. The maximum atomic E-state index is 13.2. The molecule has 1 atom stereocenters. The number of nitrogens with zero attached hydrogens (tertiary/aromatic N) is 1. The summed E-state index contributed by atoms with van der Waals surface area (Å²) >= 11 is 0. The van der Waals surface area contributed by atoms with Gasteiger partial charge in [-0.25, -0.2) is 17.9 Å². The number of nitrogens with one attached hydrogen (secondary N) is 1. The summed E-state index contributed by atoms with van der Waals surface area (Å²) in [5.74, 6) is -0.0901. The normalized spacial score (nSPS) is 16.4. The third-order valence-electron chi connectivity index (χ3n) is 8.34. The van der Waals surface area contributed by atoms with Crippen molar-refractivity contribution >= 4 is 38.9 Å². The monoisotopic (exact) mass is 564 g/mol. The van der Waals surface area contributed by atoms with Gasteiger partial charge in [0.05, 0.1) is 37.3 Å². The van der Waals surface area contributed by atoms with E-state index in [2.05, 4.69) is 9.29 Å². The topological polar surface area (TPSA) is 104 Å². The molecular weight excluding hydrogens is 528 g/mol. The van der Waals surface area contributed by atoms with Crippen molar-refractivity contribution < 1.29 is 27.5 Å². The van der Waals surface area contributed by atoms with E-state index in [1.165, 1.54) is 19.1 Å². The lowest BCUT2D eigenvalue weighted by Gasteiger charge is -2.24. The number of benzene rings is 2. The van der Waals surface area contributed by atoms with Crippen LogP contribution in [0.25, 0.3) is 28.2 Å². The van der Waals surface area contributed by atoms with Crippen molar-refractivity contribution in [2.75, 3.05) is 14.2 Å². The van der Waals surface area contributed by atoms with Crippen molar-refractivity contribution in [1.82, 2.24) is 9.29 Å². The van der Waals surface area contributed by atoms with E-state index in [9.17, 15) is 18.0 Å². The number of aromatic nitrogens is 1. The highest BCUT2D eigenvalue weighted by Gasteiger charge is 2.31. The standard InChI is InChI=1S/C31H36N2O6S/c1-5-19(2)40(36,37)32-30(34)21-11-13-26-27(17-21)33-18-23(31(35)39-4)15-22-16-24(38-3)12-14-25(22)29(33)28(26)20-9-7-6-8-10-20/h11-17,19-20H,5-10,18H2,1-4H3,(H,32,34). The van der Waals surface area contributed by atoms with E-state index >= 15 is 0 Å². The molecule has 2 aromatic carbocycles. The Morgan fingerprint density at radius 2 is 1.82 bits per heavy atom. The molecule has 1 amide bonds. The van der Waals surface area contributed by atoms with Crippen molar-refractivity contribution in [2.45, 2.75) is 70.1 Å². The molecular formula is C31H36N2O6S. The summed E-state index contributed by atoms with van der Waals surface area (Å²) in [6.07, 6.45) is 7.86. The second kappa shape index (κ2) is 11.1. The maximum Gasteiger partial charge on any atom is 0.335 e. The number of hydrogen-bond acceptors (Lipinski definition) is 6. The van der Waals surface area contributed by atoms with Crippen LogP contribution in [0.15, 0.2) is 42.0 Å². The van der Waals surface area contributed by atoms with Crippen LogP contribution in [-0.2, 0) is 26.1 Å². The van der Waals surface area contributed by atoms with Crippen LogP contribution < -0.4 is 9.46 Å². The number of hydrogen-bond donors (Lipinski definition) is 1. The predicted octanol–water partition coefficient (Wildman–Crippen LogP) is 5.79. The fourth-order valence-corrected chi connectivity index (χ4v) is 6.96. The van der Waals surface area contributed by atoms with Crippen molar-refractivity contribution in [3.63, 3.8) is 0 Å². The van der Waals surface area contributed by atoms with E-state index in [1.54, 1.807) is 33.1 Å². The second-order valence-corrected chi connectivity index (χ2v) is 12.8. The van der Waals surface area contributed by atoms with Gasteiger partial charge in [-0.3, -0.25) is 4.79 Å². The summed E-state index contributed by atoms with van der Waals surface area (Å²) < 4.78 is 40.2. The fourth-order valence-electron chi connectivity index (χ4n) is 5.95. The third kappa shape index (κ3) is 5.03. The van der Waals surface area contributed by atoms with Gasteiger partial charge >= 0.3 is 5.97 Å². The zero-order valence-electron chi connectivity index (χ0n) is 23.5. The van der Waals surface area contributed by atoms with Gasteiger partial charge in [0, 0.05) is 22.0 Å². The predicted molar refractivity (Wildman–Crippen MR) is 156 cm³/mol. The van der Waals surface area contributed by atoms with E-state index in [-0.39, 0.29) is 12.1 Å². The van der Waals surface area contributed by atoms with Crippen LogP contribution in [0.4, 0.5) is 0 Å². The number of ether oxygens (including phenoxy) is 2. The van der Waals surface area contributed by atoms with Crippen LogP contribution in [0.2, 0.25) is 0 Å². The molecule has 1 fully saturated rings. The Labute approximate surface area is 235 Å². The Hall–Kier alpha value is -3.59. The number of carbonyl (C=O) groups is 2. The summed E-state index contributed by atoms with van der Waals surface area (Å²) in [5.41, 5.74) is 5.55. The lowest BCUT2D eigenvalue weighted by atomic mass is 9.81. The Morgan fingerprint density at radius 1 is 1.07 bits per heavy atom. The molecule has 212 valence electrons. The lowest BCUT2D eigenvalue weighted by Crippen LogP contribution is -2.36. The zero-order valence-corrected chi connectivity index (χ0v) is 24.3. The number of carbonyl (C=O) groups excluding carboxylic acids is 2. The average molecular weight is 565 g/mol. The number of rotatable bonds is 7. The SMILES string of the molecule is CCC(C)S(=O)(=O)NC(=O)c1ccc2c(C3CCCCC3)c3n(c2c1)CC(C(=O)OC)=Cc1cc(OC)ccc1-3. The molecule has 1 saturated carbocycles. The molecule has 8 nitrogen and oxygen atoms in total. The van der Waals surface area contributed by atoms with E-state index < -0.39 is 27.1 Å². The largest absolute Gasteiger partial charge is 0.497 e. The maximum absolute atomic E-state index is 13.2. The van der Waals surface area contributed by atoms with Crippen LogP contribution >= 0.6 is 0 Å². The van der Waals surface area contributed by atoms with Gasteiger partial charge in [0.2, 0.25) is 10.0 Å². The fraction of sp³-hybridized carbons (Fsp3) is 0.419. The first-order valence-corrected chi connectivity index (χ1v) is 15.4. The quantitative estimate of drug-likeness (QED) is 0.364. The molecule has 2 heterocycles. The summed E-state index contributed by atoms with van der Waals surface area (Å²) in [7, 11) is -0.828. The number of sulfonamides is 1. The van der Waals surface area contributed by atoms with Gasteiger partial charge in [0.25, 0.3) is 5.91 Å². The van der Waals surface area contributed by atoms with Crippen LogP contribution in [0.5, 0.6) is 5.75 Å². The van der Waals surface area contributed by atoms with E-state index in [0.29, 0.717) is 23.7 Å². The minimum Gasteiger partial charge on any atom is -0.497 e. The Morgan fingerprint density at radius 3 is 2.50 bits per heavy atom. The van der Waals surface area contributed by atoms with Gasteiger partial charge in [-0.1, -0.05) is 32.3 Å². The molecule has 5 rings (SSSR count). The van der Waals surface area contributed by atoms with Gasteiger partial charge in [0.1, 0.15) is 5.75 Å². The molecule has 1 aliphatic heterocycles. The Bertz CT molecular complexity index is 1610. The Kier molecular flexibility index (Phi) is 7.77. The van der Waals surface area contributed by atoms with Gasteiger partial charge in [0.15, 0.2) is 0 Å². The smallest absolute Gasteiger partial charge is 0.335 e. The first kappa shape index (κ1) is 28.0. The van der Waals surface area contributed by atoms with Gasteiger partial charge in [-0.05, 0) is 79.6 Å². The van der Waals surface area contributed by atoms with Crippen molar-refractivity contribution in [3.8, 4) is 17.0 Å². The molecule has 0 saturated heterocycles. The average Bonchev–Trinajstić information content (AvgIpc) is 3.18. The molecule has 9 heteroatoms. The van der Waals surface area contributed by atoms with Gasteiger partial charge in [-0.2, -0.15) is 0 Å². The van der Waals surface area contributed by atoms with Gasteiger partial charge in [-0.15, -0.1) is 0 Å². The third-order valence-corrected chi connectivity index (χ3v) is 10.2. The molecule has 2 aliphatic rings. The molecule has 1 aliphatic carbocycles. The van der Waals surface area contributed by atoms with Gasteiger partial charge < -0.3 is 14.0 Å². The summed E-state index contributed by atoms with van der Waals surface area (Å²) in [5, 5.41) is 0.319. The van der Waals surface area contributed by atoms with Crippen molar-refractivity contribution in [1.29, 1.82) is 0 Å². The van der Waals surface area contributed by atoms with E-state index in [0.717, 1.165) is 53.4 Å². The number of methoxy groups -OCH3 is 2. The minimum absolute atomic E-state index is 0.248. The van der Waals surface area contributed by atoms with Crippen LogP contribution in [0.3, 0.4) is 0 Å². The van der Waals surface area contributed by atoms with Crippen molar-refractivity contribution in [3.05, 3.63) is 58.7 Å². The van der Waals surface area contributed by atoms with Crippen LogP contribution in [-0.4, -0.2) is 44.3 Å². The highest BCUT2D eigenvalue weighted by molar-refractivity contribution is 7.90. The first-order chi connectivity index (χ1) is 19.2. The zero-order chi connectivity index (χ0) is 28.6. The van der Waals surface area contributed by atoms with Crippen LogP contribution in [0.1, 0.15) is 79.8 Å². The van der Waals surface area contributed by atoms with E-state index in [1.807, 2.05) is 30.3 Å². The number of esters is 1. The molecule has 0 bridgehead atoms. The Balaban J connectivity index is 1.75. The molecule has 3 aromatic rings. The molecule has 0 radical (unpaired) electrons. The minimum atomic E-state index is -3.80. The highest BCUT2D eigenvalue weighted by atomic mass is 32.2. The second-order valence-electron chi connectivity index (χ2n) is 10.7. The highest BCUT2D eigenvalue weighted by Crippen LogP contribution is 2.47. The summed E-state index contributed by atoms with van der Waals surface area (Å²) in [6, 6.07) is 11.2. The summed E-state index contributed by atoms with van der Waals surface area (Å²) in [6.45, 7) is 3.59.